The second-order valence-electron chi connectivity index (χ2n) is 7.18. The van der Waals surface area contributed by atoms with Gasteiger partial charge in [-0.25, -0.2) is 0 Å². The van der Waals surface area contributed by atoms with Gasteiger partial charge in [0.05, 0.1) is 0 Å². The highest BCUT2D eigenvalue weighted by molar-refractivity contribution is 5.11. The molecule has 3 aliphatic carbocycles. The summed E-state index contributed by atoms with van der Waals surface area (Å²) >= 11 is 0. The van der Waals surface area contributed by atoms with Crippen molar-refractivity contribution >= 4 is 0 Å². The van der Waals surface area contributed by atoms with E-state index >= 15 is 0 Å². The maximum absolute atomic E-state index is 2.41. The molecule has 3 fully saturated rings. The summed E-state index contributed by atoms with van der Waals surface area (Å²) in [4.78, 5) is 0. The topological polar surface area (TPSA) is 0 Å². The molecule has 0 saturated heterocycles. The van der Waals surface area contributed by atoms with Gasteiger partial charge in [0.1, 0.15) is 0 Å². The Morgan fingerprint density at radius 3 is 2.56 bits per heavy atom. The summed E-state index contributed by atoms with van der Waals surface area (Å²) in [6.07, 6.45) is 9.21. The van der Waals surface area contributed by atoms with Crippen molar-refractivity contribution in [1.82, 2.24) is 0 Å². The van der Waals surface area contributed by atoms with E-state index in [0.29, 0.717) is 0 Å². The summed E-state index contributed by atoms with van der Waals surface area (Å²) in [6, 6.07) is 0. The molecule has 0 bridgehead atoms. The quantitative estimate of drug-likeness (QED) is 0.606. The van der Waals surface area contributed by atoms with E-state index in [1.165, 1.54) is 30.6 Å². The van der Waals surface area contributed by atoms with Crippen LogP contribution in [0.25, 0.3) is 0 Å². The zero-order valence-electron chi connectivity index (χ0n) is 11.3. The highest BCUT2D eigenvalue weighted by Gasteiger charge is 2.63. The van der Waals surface area contributed by atoms with Gasteiger partial charge in [-0.05, 0) is 60.7 Å². The van der Waals surface area contributed by atoms with Crippen molar-refractivity contribution < 1.29 is 0 Å². The van der Waals surface area contributed by atoms with Gasteiger partial charge in [-0.2, -0.15) is 0 Å². The van der Waals surface area contributed by atoms with E-state index < -0.39 is 0 Å². The zero-order valence-corrected chi connectivity index (χ0v) is 11.3. The lowest BCUT2D eigenvalue weighted by Gasteiger charge is -2.24. The third-order valence-corrected chi connectivity index (χ3v) is 5.85. The first kappa shape index (κ1) is 11.1. The van der Waals surface area contributed by atoms with Crippen LogP contribution in [-0.4, -0.2) is 0 Å². The molecule has 0 radical (unpaired) electrons. The van der Waals surface area contributed by atoms with Gasteiger partial charge in [-0.15, -0.1) is 0 Å². The molecule has 3 saturated carbocycles. The molecule has 3 rings (SSSR count). The molecular weight excluding hydrogens is 192 g/mol. The molecule has 0 heteroatoms. The minimum absolute atomic E-state index is 0.956. The smallest absolute Gasteiger partial charge is 0.0323 e. The van der Waals surface area contributed by atoms with Crippen molar-refractivity contribution in [3.63, 3.8) is 0 Å². The Kier molecular flexibility index (Phi) is 2.80. The average molecular weight is 220 g/mol. The van der Waals surface area contributed by atoms with Crippen LogP contribution in [0.2, 0.25) is 0 Å². The maximum atomic E-state index is 2.41. The van der Waals surface area contributed by atoms with Gasteiger partial charge in [0.15, 0.2) is 0 Å². The first-order valence-electron chi connectivity index (χ1n) is 7.72. The Bertz CT molecular complexity index is 255. The van der Waals surface area contributed by atoms with Crippen LogP contribution >= 0.6 is 0 Å². The van der Waals surface area contributed by atoms with Gasteiger partial charge in [0.25, 0.3) is 0 Å². The largest absolute Gasteiger partial charge is 0.0654 e. The summed E-state index contributed by atoms with van der Waals surface area (Å²) in [5, 5.41) is 0. The summed E-state index contributed by atoms with van der Waals surface area (Å²) in [6.45, 7) is 7.16. The standard InChI is InChI=1S/C16H28/c1-4-5-6-11-7-14-15(16(11)14)9-12-8-13(12)10(2)3/h10-16H,4-9H2,1-3H3. The molecule has 0 aromatic rings. The molecule has 0 aliphatic heterocycles. The van der Waals surface area contributed by atoms with E-state index in [1.54, 1.807) is 25.7 Å². The van der Waals surface area contributed by atoms with Crippen LogP contribution in [0, 0.1) is 41.4 Å². The SMILES string of the molecule is CCCCC1CC2C(CC3CC3C(C)C)C12. The first-order valence-corrected chi connectivity index (χ1v) is 7.72. The third-order valence-electron chi connectivity index (χ3n) is 5.85. The second-order valence-corrected chi connectivity index (χ2v) is 7.18. The molecule has 0 aromatic heterocycles. The first-order chi connectivity index (χ1) is 7.72. The van der Waals surface area contributed by atoms with E-state index in [1.807, 2.05) is 0 Å². The predicted octanol–water partition coefficient (Wildman–Crippen LogP) is 4.74. The lowest BCUT2D eigenvalue weighted by Crippen LogP contribution is -2.15. The molecule has 0 spiro atoms. The molecule has 0 nitrogen and oxygen atoms in total. The molecule has 0 amide bonds. The van der Waals surface area contributed by atoms with Crippen LogP contribution in [0.4, 0.5) is 0 Å². The summed E-state index contributed by atoms with van der Waals surface area (Å²) < 4.78 is 0. The van der Waals surface area contributed by atoms with Crippen molar-refractivity contribution in [2.45, 2.75) is 59.3 Å². The Labute approximate surface area is 101 Å². The molecule has 0 aromatic carbocycles. The van der Waals surface area contributed by atoms with E-state index in [-0.39, 0.29) is 0 Å². The molecule has 6 atom stereocenters. The highest BCUT2D eigenvalue weighted by Crippen LogP contribution is 2.69. The van der Waals surface area contributed by atoms with Crippen LogP contribution in [0.15, 0.2) is 0 Å². The fourth-order valence-corrected chi connectivity index (χ4v) is 4.63. The molecule has 3 aliphatic rings. The highest BCUT2D eigenvalue weighted by atomic mass is 14.7. The number of hydrogen-bond acceptors (Lipinski definition) is 0. The lowest BCUT2D eigenvalue weighted by molar-refractivity contribution is 0.263. The van der Waals surface area contributed by atoms with Crippen molar-refractivity contribution in [3.05, 3.63) is 0 Å². The Balaban J connectivity index is 1.38. The predicted molar refractivity (Wildman–Crippen MR) is 69.2 cm³/mol. The number of rotatable bonds is 6. The summed E-state index contributed by atoms with van der Waals surface area (Å²) in [5.74, 6) is 7.96. The molecule has 92 valence electrons. The van der Waals surface area contributed by atoms with Gasteiger partial charge in [-0.1, -0.05) is 40.0 Å². The van der Waals surface area contributed by atoms with Crippen LogP contribution in [0.1, 0.15) is 59.3 Å². The molecular formula is C16H28. The maximum Gasteiger partial charge on any atom is -0.0323 e. The number of unbranched alkanes of at least 4 members (excludes halogenated alkanes) is 1. The van der Waals surface area contributed by atoms with Gasteiger partial charge in [-0.3, -0.25) is 0 Å². The minimum Gasteiger partial charge on any atom is -0.0654 e. The molecule has 16 heavy (non-hydrogen) atoms. The van der Waals surface area contributed by atoms with Crippen LogP contribution in [0.5, 0.6) is 0 Å². The van der Waals surface area contributed by atoms with Crippen LogP contribution in [-0.2, 0) is 0 Å². The van der Waals surface area contributed by atoms with E-state index in [4.69, 9.17) is 0 Å². The fraction of sp³-hybridized carbons (Fsp3) is 1.00. The van der Waals surface area contributed by atoms with Crippen molar-refractivity contribution in [1.29, 1.82) is 0 Å². The van der Waals surface area contributed by atoms with Crippen LogP contribution in [0.3, 0.4) is 0 Å². The Hall–Kier alpha value is 0. The van der Waals surface area contributed by atoms with E-state index in [9.17, 15) is 0 Å². The van der Waals surface area contributed by atoms with Gasteiger partial charge in [0.2, 0.25) is 0 Å². The zero-order chi connectivity index (χ0) is 11.3. The van der Waals surface area contributed by atoms with E-state index in [2.05, 4.69) is 20.8 Å². The van der Waals surface area contributed by atoms with E-state index in [0.717, 1.165) is 23.7 Å². The third kappa shape index (κ3) is 1.83. The Morgan fingerprint density at radius 1 is 1.12 bits per heavy atom. The van der Waals surface area contributed by atoms with Gasteiger partial charge >= 0.3 is 0 Å². The fourth-order valence-electron chi connectivity index (χ4n) is 4.63. The molecule has 0 N–H and O–H groups in total. The summed E-state index contributed by atoms with van der Waals surface area (Å²) in [7, 11) is 0. The average Bonchev–Trinajstić information content (AvgIpc) is 3.05. The molecule has 0 heterocycles. The van der Waals surface area contributed by atoms with Crippen molar-refractivity contribution in [3.8, 4) is 0 Å². The molecule has 6 unspecified atom stereocenters. The Morgan fingerprint density at radius 2 is 1.94 bits per heavy atom. The number of fused-ring (bicyclic) bond motifs is 1. The van der Waals surface area contributed by atoms with Crippen LogP contribution < -0.4 is 0 Å². The summed E-state index contributed by atoms with van der Waals surface area (Å²) in [5.41, 5.74) is 0. The van der Waals surface area contributed by atoms with Crippen molar-refractivity contribution in [2.24, 2.45) is 41.4 Å². The second kappa shape index (κ2) is 4.03. The van der Waals surface area contributed by atoms with Crippen molar-refractivity contribution in [2.75, 3.05) is 0 Å². The minimum atomic E-state index is 0.956. The monoisotopic (exact) mass is 220 g/mol. The normalized spacial score (nSPS) is 48.8. The lowest BCUT2D eigenvalue weighted by atomic mass is 9.82. The number of hydrogen-bond donors (Lipinski definition) is 0. The van der Waals surface area contributed by atoms with Gasteiger partial charge in [0, 0.05) is 0 Å². The van der Waals surface area contributed by atoms with Gasteiger partial charge < -0.3 is 0 Å².